The maximum atomic E-state index is 13.6. The number of amides is 1. The van der Waals surface area contributed by atoms with Crippen LogP contribution in [0, 0.1) is 11.6 Å². The average molecular weight is 351 g/mol. The Balaban J connectivity index is 2.82. The summed E-state index contributed by atoms with van der Waals surface area (Å²) in [4.78, 5) is 22.4. The highest BCUT2D eigenvalue weighted by molar-refractivity contribution is 9.10. The van der Waals surface area contributed by atoms with E-state index in [1.807, 2.05) is 0 Å². The Labute approximate surface area is 122 Å². The highest BCUT2D eigenvalue weighted by atomic mass is 79.9. The van der Waals surface area contributed by atoms with Gasteiger partial charge in [0.1, 0.15) is 23.4 Å². The minimum absolute atomic E-state index is 0.207. The summed E-state index contributed by atoms with van der Waals surface area (Å²) in [6.07, 6.45) is 0. The molecular formula is C12H13BrF2N2O3. The van der Waals surface area contributed by atoms with Crippen molar-refractivity contribution in [1.29, 1.82) is 0 Å². The van der Waals surface area contributed by atoms with Gasteiger partial charge >= 0.3 is 5.97 Å². The molecule has 110 valence electrons. The van der Waals surface area contributed by atoms with Gasteiger partial charge in [-0.05, 0) is 12.1 Å². The zero-order chi connectivity index (χ0) is 15.3. The molecule has 0 heterocycles. The first-order chi connectivity index (χ1) is 9.35. The van der Waals surface area contributed by atoms with Gasteiger partial charge in [-0.15, -0.1) is 0 Å². The van der Waals surface area contributed by atoms with E-state index < -0.39 is 29.6 Å². The van der Waals surface area contributed by atoms with Crippen LogP contribution in [0.1, 0.15) is 6.92 Å². The summed E-state index contributed by atoms with van der Waals surface area (Å²) in [6.45, 7) is 1.01. The summed E-state index contributed by atoms with van der Waals surface area (Å²) in [5, 5.41) is 4.76. The van der Waals surface area contributed by atoms with E-state index in [0.717, 1.165) is 19.2 Å². The zero-order valence-corrected chi connectivity index (χ0v) is 12.4. The molecular weight excluding hydrogens is 338 g/mol. The van der Waals surface area contributed by atoms with Gasteiger partial charge in [0.15, 0.2) is 0 Å². The SMILES string of the molecule is COC(=O)C(CNc1c(F)cc(Br)cc1F)NC(C)=O. The summed E-state index contributed by atoms with van der Waals surface area (Å²) in [5.74, 6) is -2.81. The van der Waals surface area contributed by atoms with Crippen LogP contribution in [0.3, 0.4) is 0 Å². The zero-order valence-electron chi connectivity index (χ0n) is 10.8. The summed E-state index contributed by atoms with van der Waals surface area (Å²) in [5.41, 5.74) is -0.382. The van der Waals surface area contributed by atoms with Crippen molar-refractivity contribution in [3.05, 3.63) is 28.2 Å². The fourth-order valence-electron chi connectivity index (χ4n) is 1.50. The number of carbonyl (C=O) groups excluding carboxylic acids is 2. The van der Waals surface area contributed by atoms with Crippen LogP contribution in [0.5, 0.6) is 0 Å². The molecule has 0 saturated heterocycles. The highest BCUT2D eigenvalue weighted by Crippen LogP contribution is 2.23. The quantitative estimate of drug-likeness (QED) is 0.795. The molecule has 0 aromatic heterocycles. The average Bonchev–Trinajstić information content (AvgIpc) is 2.34. The van der Waals surface area contributed by atoms with Crippen molar-refractivity contribution in [3.8, 4) is 0 Å². The lowest BCUT2D eigenvalue weighted by molar-refractivity contribution is -0.144. The van der Waals surface area contributed by atoms with Gasteiger partial charge in [0.05, 0.1) is 7.11 Å². The van der Waals surface area contributed by atoms with Gasteiger partial charge in [0, 0.05) is 17.9 Å². The topological polar surface area (TPSA) is 67.4 Å². The number of methoxy groups -OCH3 is 1. The molecule has 0 spiro atoms. The summed E-state index contributed by atoms with van der Waals surface area (Å²) < 4.78 is 31.9. The first-order valence-electron chi connectivity index (χ1n) is 5.58. The van der Waals surface area contributed by atoms with Crippen LogP contribution in [-0.2, 0) is 14.3 Å². The van der Waals surface area contributed by atoms with Crippen molar-refractivity contribution in [1.82, 2.24) is 5.32 Å². The van der Waals surface area contributed by atoms with E-state index >= 15 is 0 Å². The molecule has 0 aliphatic rings. The van der Waals surface area contributed by atoms with Crippen molar-refractivity contribution in [2.45, 2.75) is 13.0 Å². The van der Waals surface area contributed by atoms with Gasteiger partial charge in [-0.2, -0.15) is 0 Å². The van der Waals surface area contributed by atoms with Crippen molar-refractivity contribution < 1.29 is 23.1 Å². The van der Waals surface area contributed by atoms with Gasteiger partial charge in [-0.25, -0.2) is 13.6 Å². The third kappa shape index (κ3) is 4.44. The lowest BCUT2D eigenvalue weighted by Gasteiger charge is -2.17. The van der Waals surface area contributed by atoms with E-state index in [-0.39, 0.29) is 16.7 Å². The molecule has 20 heavy (non-hydrogen) atoms. The molecule has 2 N–H and O–H groups in total. The molecule has 0 radical (unpaired) electrons. The number of benzene rings is 1. The number of rotatable bonds is 5. The Morgan fingerprint density at radius 3 is 2.35 bits per heavy atom. The molecule has 0 aliphatic carbocycles. The Bertz CT molecular complexity index is 502. The van der Waals surface area contributed by atoms with Gasteiger partial charge < -0.3 is 15.4 Å². The monoisotopic (exact) mass is 350 g/mol. The highest BCUT2D eigenvalue weighted by Gasteiger charge is 2.21. The number of esters is 1. The molecule has 1 aromatic rings. The fourth-order valence-corrected chi connectivity index (χ4v) is 1.90. The van der Waals surface area contributed by atoms with Gasteiger partial charge in [-0.3, -0.25) is 4.79 Å². The minimum Gasteiger partial charge on any atom is -0.467 e. The Morgan fingerprint density at radius 1 is 1.35 bits per heavy atom. The number of hydrogen-bond donors (Lipinski definition) is 2. The largest absolute Gasteiger partial charge is 0.467 e. The fraction of sp³-hybridized carbons (Fsp3) is 0.333. The Hall–Kier alpha value is -1.70. The molecule has 0 fully saturated rings. The number of hydrogen-bond acceptors (Lipinski definition) is 4. The lowest BCUT2D eigenvalue weighted by atomic mass is 10.2. The number of nitrogens with one attached hydrogen (secondary N) is 2. The van der Waals surface area contributed by atoms with E-state index in [1.54, 1.807) is 0 Å². The normalized spacial score (nSPS) is 11.7. The molecule has 5 nitrogen and oxygen atoms in total. The van der Waals surface area contributed by atoms with Crippen LogP contribution >= 0.6 is 15.9 Å². The van der Waals surface area contributed by atoms with Crippen molar-refractivity contribution >= 4 is 33.5 Å². The summed E-state index contributed by atoms with van der Waals surface area (Å²) in [6, 6.07) is 1.12. The smallest absolute Gasteiger partial charge is 0.330 e. The molecule has 1 atom stereocenters. The van der Waals surface area contributed by atoms with Gasteiger partial charge in [0.25, 0.3) is 0 Å². The number of halogens is 3. The third-order valence-corrected chi connectivity index (χ3v) is 2.81. The third-order valence-electron chi connectivity index (χ3n) is 2.35. The predicted molar refractivity (Wildman–Crippen MR) is 72.2 cm³/mol. The predicted octanol–water partition coefficient (Wildman–Crippen LogP) is 1.82. The van der Waals surface area contributed by atoms with Crippen LogP contribution in [-0.4, -0.2) is 31.6 Å². The first-order valence-corrected chi connectivity index (χ1v) is 6.37. The van der Waals surface area contributed by atoms with Crippen molar-refractivity contribution in [2.24, 2.45) is 0 Å². The summed E-state index contributed by atoms with van der Waals surface area (Å²) in [7, 11) is 1.15. The first kappa shape index (κ1) is 16.4. The minimum atomic E-state index is -1.04. The van der Waals surface area contributed by atoms with Gasteiger partial charge in [-0.1, -0.05) is 15.9 Å². The van der Waals surface area contributed by atoms with Gasteiger partial charge in [0.2, 0.25) is 5.91 Å². The maximum Gasteiger partial charge on any atom is 0.330 e. The van der Waals surface area contributed by atoms with E-state index in [4.69, 9.17) is 0 Å². The molecule has 8 heteroatoms. The molecule has 0 aliphatic heterocycles. The van der Waals surface area contributed by atoms with Crippen LogP contribution in [0.4, 0.5) is 14.5 Å². The molecule has 1 unspecified atom stereocenters. The number of ether oxygens (including phenoxy) is 1. The van der Waals surface area contributed by atoms with Crippen LogP contribution in [0.15, 0.2) is 16.6 Å². The van der Waals surface area contributed by atoms with E-state index in [0.29, 0.717) is 0 Å². The van der Waals surface area contributed by atoms with E-state index in [2.05, 4.69) is 31.3 Å². The molecule has 1 aromatic carbocycles. The second-order valence-electron chi connectivity index (χ2n) is 3.90. The Kier molecular flexibility index (Phi) is 5.87. The lowest BCUT2D eigenvalue weighted by Crippen LogP contribution is -2.45. The number of anilines is 1. The van der Waals surface area contributed by atoms with Crippen LogP contribution in [0.25, 0.3) is 0 Å². The van der Waals surface area contributed by atoms with E-state index in [9.17, 15) is 18.4 Å². The molecule has 1 rings (SSSR count). The van der Waals surface area contributed by atoms with Crippen LogP contribution < -0.4 is 10.6 Å². The molecule has 0 bridgehead atoms. The second-order valence-corrected chi connectivity index (χ2v) is 4.82. The number of carbonyl (C=O) groups is 2. The van der Waals surface area contributed by atoms with E-state index in [1.165, 1.54) is 6.92 Å². The summed E-state index contributed by atoms with van der Waals surface area (Å²) >= 11 is 2.96. The Morgan fingerprint density at radius 2 is 1.90 bits per heavy atom. The maximum absolute atomic E-state index is 13.6. The molecule has 1 amide bonds. The second kappa shape index (κ2) is 7.18. The van der Waals surface area contributed by atoms with Crippen molar-refractivity contribution in [2.75, 3.05) is 19.0 Å². The van der Waals surface area contributed by atoms with Crippen molar-refractivity contribution in [3.63, 3.8) is 0 Å². The molecule has 0 saturated carbocycles. The standard InChI is InChI=1S/C12H13BrF2N2O3/c1-6(18)17-10(12(19)20-2)5-16-11-8(14)3-7(13)4-9(11)15/h3-4,10,16H,5H2,1-2H3,(H,17,18). The van der Waals surface area contributed by atoms with Crippen LogP contribution in [0.2, 0.25) is 0 Å².